The van der Waals surface area contributed by atoms with Crippen LogP contribution in [0.3, 0.4) is 0 Å². The normalized spacial score (nSPS) is 15.3. The monoisotopic (exact) mass is 356 g/mol. The van der Waals surface area contributed by atoms with E-state index in [9.17, 15) is 4.79 Å². The zero-order chi connectivity index (χ0) is 18.4. The van der Waals surface area contributed by atoms with Crippen LogP contribution in [0, 0.1) is 0 Å². The van der Waals surface area contributed by atoms with Crippen LogP contribution in [0.4, 0.5) is 11.5 Å². The molecular weight excluding hydrogens is 332 g/mol. The van der Waals surface area contributed by atoms with Gasteiger partial charge in [0.15, 0.2) is 5.96 Å². The summed E-state index contributed by atoms with van der Waals surface area (Å²) in [7, 11) is 3.57. The lowest BCUT2D eigenvalue weighted by Gasteiger charge is -2.35. The first kappa shape index (κ1) is 17.7. The van der Waals surface area contributed by atoms with E-state index in [4.69, 9.17) is 0 Å². The zero-order valence-corrected chi connectivity index (χ0v) is 15.1. The van der Waals surface area contributed by atoms with Crippen molar-refractivity contribution in [2.45, 2.75) is 0 Å². The Labute approximate surface area is 152 Å². The van der Waals surface area contributed by atoms with Crippen LogP contribution >= 0.6 is 0 Å². The molecule has 0 saturated carbocycles. The zero-order valence-electron chi connectivity index (χ0n) is 15.1. The highest BCUT2D eigenvalue weighted by Crippen LogP contribution is 2.15. The van der Waals surface area contributed by atoms with E-state index in [2.05, 4.69) is 25.7 Å². The van der Waals surface area contributed by atoms with Crippen molar-refractivity contribution in [2.75, 3.05) is 50.0 Å². The van der Waals surface area contributed by atoms with Crippen molar-refractivity contribution in [1.82, 2.24) is 25.0 Å². The van der Waals surface area contributed by atoms with E-state index in [1.165, 1.54) is 0 Å². The summed E-state index contributed by atoms with van der Waals surface area (Å²) >= 11 is 0. The standard InChI is InChI=1S/C17H24N8O/c1-18-17(21-8-7-20-15-5-3-4-6-19-15)24-9-10-25(16(26)13-24)14-11-22-23(2)12-14/h3-6,11-12H,7-10,13H2,1-2H3,(H,18,21)(H,19,20). The number of piperazine rings is 1. The largest absolute Gasteiger partial charge is 0.368 e. The summed E-state index contributed by atoms with van der Waals surface area (Å²) in [6, 6.07) is 5.74. The maximum atomic E-state index is 12.5. The molecule has 0 aromatic carbocycles. The summed E-state index contributed by atoms with van der Waals surface area (Å²) < 4.78 is 1.70. The second-order valence-electron chi connectivity index (χ2n) is 5.95. The van der Waals surface area contributed by atoms with Crippen LogP contribution in [0.5, 0.6) is 0 Å². The molecule has 9 nitrogen and oxygen atoms in total. The van der Waals surface area contributed by atoms with E-state index < -0.39 is 0 Å². The Kier molecular flexibility index (Phi) is 5.67. The van der Waals surface area contributed by atoms with Crippen molar-refractivity contribution in [2.24, 2.45) is 12.0 Å². The molecule has 1 aliphatic heterocycles. The number of guanidine groups is 1. The van der Waals surface area contributed by atoms with Gasteiger partial charge in [0, 0.05) is 52.7 Å². The van der Waals surface area contributed by atoms with Crippen LogP contribution in [0.1, 0.15) is 0 Å². The van der Waals surface area contributed by atoms with Gasteiger partial charge in [-0.2, -0.15) is 5.10 Å². The molecule has 3 rings (SSSR count). The second-order valence-corrected chi connectivity index (χ2v) is 5.95. The lowest BCUT2D eigenvalue weighted by Crippen LogP contribution is -2.55. The Morgan fingerprint density at radius 2 is 2.19 bits per heavy atom. The molecule has 0 spiro atoms. The molecule has 2 N–H and O–H groups in total. The summed E-state index contributed by atoms with van der Waals surface area (Å²) in [5.74, 6) is 1.61. The number of anilines is 2. The van der Waals surface area contributed by atoms with Crippen molar-refractivity contribution < 1.29 is 4.79 Å². The Morgan fingerprint density at radius 1 is 1.31 bits per heavy atom. The number of hydrogen-bond donors (Lipinski definition) is 2. The molecule has 2 aromatic heterocycles. The number of amides is 1. The Hall–Kier alpha value is -3.10. The highest BCUT2D eigenvalue weighted by Gasteiger charge is 2.27. The summed E-state index contributed by atoms with van der Waals surface area (Å²) in [4.78, 5) is 24.7. The average Bonchev–Trinajstić information content (AvgIpc) is 3.08. The van der Waals surface area contributed by atoms with Crippen LogP contribution in [-0.4, -0.2) is 71.3 Å². The molecule has 1 saturated heterocycles. The quantitative estimate of drug-likeness (QED) is 0.450. The van der Waals surface area contributed by atoms with E-state index in [-0.39, 0.29) is 5.91 Å². The maximum absolute atomic E-state index is 12.5. The summed E-state index contributed by atoms with van der Waals surface area (Å²) in [6.07, 6.45) is 5.32. The van der Waals surface area contributed by atoms with E-state index in [0.29, 0.717) is 32.7 Å². The van der Waals surface area contributed by atoms with Crippen LogP contribution in [0.15, 0.2) is 41.8 Å². The van der Waals surface area contributed by atoms with Crippen LogP contribution < -0.4 is 15.5 Å². The number of pyridine rings is 1. The first-order chi connectivity index (χ1) is 12.7. The predicted octanol–water partition coefficient (Wildman–Crippen LogP) is 0.151. The van der Waals surface area contributed by atoms with E-state index in [0.717, 1.165) is 17.5 Å². The first-order valence-corrected chi connectivity index (χ1v) is 8.57. The number of rotatable bonds is 5. The summed E-state index contributed by atoms with van der Waals surface area (Å²) in [6.45, 7) is 3.01. The van der Waals surface area contributed by atoms with Gasteiger partial charge in [-0.05, 0) is 12.1 Å². The third kappa shape index (κ3) is 4.29. The molecule has 1 aliphatic rings. The first-order valence-electron chi connectivity index (χ1n) is 8.57. The van der Waals surface area contributed by atoms with Gasteiger partial charge < -0.3 is 20.4 Å². The summed E-state index contributed by atoms with van der Waals surface area (Å²) in [5, 5.41) is 10.7. The molecule has 3 heterocycles. The van der Waals surface area contributed by atoms with E-state index in [1.54, 1.807) is 29.0 Å². The number of hydrogen-bond acceptors (Lipinski definition) is 5. The topological polar surface area (TPSA) is 90.7 Å². The van der Waals surface area contributed by atoms with Gasteiger partial charge in [-0.3, -0.25) is 14.5 Å². The molecule has 138 valence electrons. The number of nitrogens with zero attached hydrogens (tertiary/aromatic N) is 6. The van der Waals surface area contributed by atoms with Gasteiger partial charge in [-0.15, -0.1) is 0 Å². The van der Waals surface area contributed by atoms with Crippen molar-refractivity contribution in [3.63, 3.8) is 0 Å². The highest BCUT2D eigenvalue weighted by molar-refractivity contribution is 5.98. The van der Waals surface area contributed by atoms with Crippen molar-refractivity contribution in [1.29, 1.82) is 0 Å². The summed E-state index contributed by atoms with van der Waals surface area (Å²) in [5.41, 5.74) is 0.833. The number of nitrogens with one attached hydrogen (secondary N) is 2. The Morgan fingerprint density at radius 3 is 2.85 bits per heavy atom. The van der Waals surface area contributed by atoms with Crippen molar-refractivity contribution in [3.05, 3.63) is 36.8 Å². The molecule has 0 bridgehead atoms. The van der Waals surface area contributed by atoms with E-state index >= 15 is 0 Å². The minimum atomic E-state index is 0.0406. The molecule has 0 aliphatic carbocycles. The smallest absolute Gasteiger partial charge is 0.246 e. The fourth-order valence-corrected chi connectivity index (χ4v) is 2.84. The lowest BCUT2D eigenvalue weighted by molar-refractivity contribution is -0.120. The molecule has 1 amide bonds. The number of aliphatic imine (C=N–C) groups is 1. The molecule has 0 unspecified atom stereocenters. The van der Waals surface area contributed by atoms with E-state index in [1.807, 2.05) is 36.3 Å². The number of aromatic nitrogens is 3. The Balaban J connectivity index is 1.48. The minimum absolute atomic E-state index is 0.0406. The third-order valence-corrected chi connectivity index (χ3v) is 4.11. The second kappa shape index (κ2) is 8.32. The lowest BCUT2D eigenvalue weighted by atomic mass is 10.3. The van der Waals surface area contributed by atoms with Crippen LogP contribution in [0.25, 0.3) is 0 Å². The predicted molar refractivity (Wildman–Crippen MR) is 101 cm³/mol. The molecule has 0 radical (unpaired) electrons. The van der Waals surface area contributed by atoms with Gasteiger partial charge in [-0.25, -0.2) is 4.98 Å². The van der Waals surface area contributed by atoms with Gasteiger partial charge in [0.05, 0.1) is 11.9 Å². The molecule has 26 heavy (non-hydrogen) atoms. The number of carbonyl (C=O) groups is 1. The van der Waals surface area contributed by atoms with Crippen LogP contribution in [0.2, 0.25) is 0 Å². The minimum Gasteiger partial charge on any atom is -0.368 e. The number of aryl methyl sites for hydroxylation is 1. The average molecular weight is 356 g/mol. The van der Waals surface area contributed by atoms with Gasteiger partial charge in [0.25, 0.3) is 0 Å². The van der Waals surface area contributed by atoms with Gasteiger partial charge >= 0.3 is 0 Å². The SMILES string of the molecule is CN=C(NCCNc1ccccn1)N1CCN(c2cnn(C)c2)C(=O)C1. The fourth-order valence-electron chi connectivity index (χ4n) is 2.84. The van der Waals surface area contributed by atoms with Crippen LogP contribution in [-0.2, 0) is 11.8 Å². The number of carbonyl (C=O) groups excluding carboxylic acids is 1. The molecule has 9 heteroatoms. The molecule has 0 atom stereocenters. The maximum Gasteiger partial charge on any atom is 0.246 e. The Bertz CT molecular complexity index is 757. The van der Waals surface area contributed by atoms with Crippen molar-refractivity contribution in [3.8, 4) is 0 Å². The van der Waals surface area contributed by atoms with Gasteiger partial charge in [0.2, 0.25) is 5.91 Å². The fraction of sp³-hybridized carbons (Fsp3) is 0.412. The molecular formula is C17H24N8O. The van der Waals surface area contributed by atoms with Crippen molar-refractivity contribution >= 4 is 23.4 Å². The van der Waals surface area contributed by atoms with Gasteiger partial charge in [-0.1, -0.05) is 6.07 Å². The third-order valence-electron chi connectivity index (χ3n) is 4.11. The van der Waals surface area contributed by atoms with Gasteiger partial charge in [0.1, 0.15) is 12.4 Å². The molecule has 2 aromatic rings. The molecule has 1 fully saturated rings. The highest BCUT2D eigenvalue weighted by atomic mass is 16.2.